The summed E-state index contributed by atoms with van der Waals surface area (Å²) in [6, 6.07) is 8.62. The molecule has 2 aromatic rings. The van der Waals surface area contributed by atoms with Gasteiger partial charge < -0.3 is 14.8 Å². The summed E-state index contributed by atoms with van der Waals surface area (Å²) in [5, 5.41) is 3.62. The van der Waals surface area contributed by atoms with Crippen LogP contribution in [0.4, 0.5) is 0 Å². The van der Waals surface area contributed by atoms with Gasteiger partial charge in [0.05, 0.1) is 17.1 Å². The van der Waals surface area contributed by atoms with Crippen LogP contribution in [-0.4, -0.2) is 40.6 Å². The van der Waals surface area contributed by atoms with Crippen LogP contribution in [0.15, 0.2) is 24.3 Å². The molecule has 1 unspecified atom stereocenters. The smallest absolute Gasteiger partial charge is 0.126 e. The Morgan fingerprint density at radius 2 is 1.95 bits per heavy atom. The van der Waals surface area contributed by atoms with Crippen molar-refractivity contribution in [2.24, 2.45) is 7.05 Å². The number of imidazole rings is 1. The number of piperidine rings is 1. The zero-order chi connectivity index (χ0) is 14.7. The molecule has 0 bridgehead atoms. The van der Waals surface area contributed by atoms with E-state index in [1.807, 2.05) is 6.07 Å². The number of para-hydroxylation sites is 2. The number of fused-ring (bicyclic) bond motifs is 1. The first kappa shape index (κ1) is 14.5. The number of nitrogens with one attached hydrogen (secondary N) is 1. The van der Waals surface area contributed by atoms with E-state index < -0.39 is 0 Å². The molecule has 1 fully saturated rings. The van der Waals surface area contributed by atoms with Crippen LogP contribution in [0.1, 0.15) is 38.1 Å². The highest BCUT2D eigenvalue weighted by molar-refractivity contribution is 5.75. The van der Waals surface area contributed by atoms with Gasteiger partial charge in [0.1, 0.15) is 5.82 Å². The van der Waals surface area contributed by atoms with Crippen molar-refractivity contribution in [1.29, 1.82) is 0 Å². The number of hydrogen-bond acceptors (Lipinski definition) is 3. The predicted octanol–water partition coefficient (Wildman–Crippen LogP) is 2.71. The summed E-state index contributed by atoms with van der Waals surface area (Å²) in [7, 11) is 2.10. The number of nitrogens with zero attached hydrogens (tertiary/aromatic N) is 3. The Kier molecular flexibility index (Phi) is 4.56. The molecule has 1 aliphatic rings. The summed E-state index contributed by atoms with van der Waals surface area (Å²) >= 11 is 0. The number of benzene rings is 1. The first-order valence-corrected chi connectivity index (χ1v) is 8.13. The molecule has 4 nitrogen and oxygen atoms in total. The van der Waals surface area contributed by atoms with E-state index in [2.05, 4.69) is 47.0 Å². The number of rotatable bonds is 5. The van der Waals surface area contributed by atoms with Gasteiger partial charge in [0.15, 0.2) is 0 Å². The standard InChI is InChI=1S/C17H26N4/c1-14(18-10-13-21-11-6-3-7-12-21)17-19-15-8-4-5-9-16(15)20(17)2/h4-5,8-9,14,18H,3,6-7,10-13H2,1-2H3. The highest BCUT2D eigenvalue weighted by Gasteiger charge is 2.14. The van der Waals surface area contributed by atoms with Crippen LogP contribution < -0.4 is 5.32 Å². The SMILES string of the molecule is CC(NCCN1CCCCC1)c1nc2ccccc2n1C. The highest BCUT2D eigenvalue weighted by atomic mass is 15.2. The van der Waals surface area contributed by atoms with E-state index in [1.54, 1.807) is 0 Å². The summed E-state index contributed by atoms with van der Waals surface area (Å²) in [4.78, 5) is 7.33. The molecule has 1 aliphatic heterocycles. The molecule has 1 atom stereocenters. The van der Waals surface area contributed by atoms with Crippen LogP contribution in [0.5, 0.6) is 0 Å². The minimum absolute atomic E-state index is 0.284. The minimum atomic E-state index is 0.284. The molecule has 0 saturated carbocycles. The van der Waals surface area contributed by atoms with Crippen molar-refractivity contribution in [3.8, 4) is 0 Å². The second kappa shape index (κ2) is 6.58. The molecular weight excluding hydrogens is 260 g/mol. The number of aromatic nitrogens is 2. The Balaban J connectivity index is 1.58. The molecule has 3 rings (SSSR count). The quantitative estimate of drug-likeness (QED) is 0.917. The highest BCUT2D eigenvalue weighted by Crippen LogP contribution is 2.19. The van der Waals surface area contributed by atoms with Gasteiger partial charge in [-0.1, -0.05) is 18.6 Å². The van der Waals surface area contributed by atoms with E-state index in [1.165, 1.54) is 37.9 Å². The fraction of sp³-hybridized carbons (Fsp3) is 0.588. The zero-order valence-electron chi connectivity index (χ0n) is 13.2. The van der Waals surface area contributed by atoms with Gasteiger partial charge in [0.2, 0.25) is 0 Å². The molecule has 1 aromatic heterocycles. The molecule has 21 heavy (non-hydrogen) atoms. The third kappa shape index (κ3) is 3.27. The van der Waals surface area contributed by atoms with Crippen molar-refractivity contribution >= 4 is 11.0 Å². The minimum Gasteiger partial charge on any atom is -0.330 e. The van der Waals surface area contributed by atoms with Gasteiger partial charge in [-0.2, -0.15) is 0 Å². The third-order valence-corrected chi connectivity index (χ3v) is 4.54. The molecule has 114 valence electrons. The molecule has 1 N–H and O–H groups in total. The van der Waals surface area contributed by atoms with Crippen molar-refractivity contribution in [1.82, 2.24) is 19.8 Å². The number of likely N-dealkylation sites (tertiary alicyclic amines) is 1. The van der Waals surface area contributed by atoms with Gasteiger partial charge in [0.25, 0.3) is 0 Å². The van der Waals surface area contributed by atoms with Crippen LogP contribution in [0.3, 0.4) is 0 Å². The maximum absolute atomic E-state index is 4.76. The summed E-state index contributed by atoms with van der Waals surface area (Å²) in [5.74, 6) is 1.12. The molecule has 0 amide bonds. The van der Waals surface area contributed by atoms with Gasteiger partial charge in [-0.15, -0.1) is 0 Å². The van der Waals surface area contributed by atoms with E-state index in [0.29, 0.717) is 0 Å². The van der Waals surface area contributed by atoms with Crippen molar-refractivity contribution in [2.45, 2.75) is 32.2 Å². The molecular formula is C17H26N4. The second-order valence-corrected chi connectivity index (χ2v) is 6.10. The lowest BCUT2D eigenvalue weighted by Gasteiger charge is -2.27. The average Bonchev–Trinajstić information content (AvgIpc) is 2.86. The average molecular weight is 286 g/mol. The number of hydrogen-bond donors (Lipinski definition) is 1. The van der Waals surface area contributed by atoms with Gasteiger partial charge in [0, 0.05) is 20.1 Å². The Bertz CT molecular complexity index is 583. The van der Waals surface area contributed by atoms with Gasteiger partial charge in [-0.3, -0.25) is 0 Å². The molecule has 0 radical (unpaired) electrons. The Morgan fingerprint density at radius 3 is 2.71 bits per heavy atom. The summed E-state index contributed by atoms with van der Waals surface area (Å²) in [5.41, 5.74) is 2.29. The lowest BCUT2D eigenvalue weighted by Crippen LogP contribution is -2.36. The topological polar surface area (TPSA) is 33.1 Å². The Labute approximate surface area is 127 Å². The lowest BCUT2D eigenvalue weighted by atomic mass is 10.1. The van der Waals surface area contributed by atoms with Crippen LogP contribution in [-0.2, 0) is 7.05 Å². The predicted molar refractivity (Wildman–Crippen MR) is 87.4 cm³/mol. The Hall–Kier alpha value is -1.39. The molecule has 1 saturated heterocycles. The zero-order valence-corrected chi connectivity index (χ0v) is 13.2. The van der Waals surface area contributed by atoms with Crippen LogP contribution in [0, 0.1) is 0 Å². The summed E-state index contributed by atoms with van der Waals surface area (Å²) in [6.45, 7) is 6.92. The van der Waals surface area contributed by atoms with Crippen LogP contribution >= 0.6 is 0 Å². The molecule has 4 heteroatoms. The van der Waals surface area contributed by atoms with Crippen molar-refractivity contribution < 1.29 is 0 Å². The normalized spacial score (nSPS) is 18.2. The van der Waals surface area contributed by atoms with Crippen LogP contribution in [0.2, 0.25) is 0 Å². The van der Waals surface area contributed by atoms with Gasteiger partial charge in [-0.05, 0) is 45.0 Å². The maximum Gasteiger partial charge on any atom is 0.126 e. The largest absolute Gasteiger partial charge is 0.330 e. The lowest BCUT2D eigenvalue weighted by molar-refractivity contribution is 0.226. The fourth-order valence-corrected chi connectivity index (χ4v) is 3.26. The molecule has 2 heterocycles. The summed E-state index contributed by atoms with van der Waals surface area (Å²) < 4.78 is 2.20. The van der Waals surface area contributed by atoms with E-state index in [0.717, 1.165) is 24.4 Å². The van der Waals surface area contributed by atoms with Gasteiger partial charge in [-0.25, -0.2) is 4.98 Å². The summed E-state index contributed by atoms with van der Waals surface area (Å²) in [6.07, 6.45) is 4.13. The van der Waals surface area contributed by atoms with Gasteiger partial charge >= 0.3 is 0 Å². The molecule has 0 aliphatic carbocycles. The Morgan fingerprint density at radius 1 is 1.19 bits per heavy atom. The van der Waals surface area contributed by atoms with Crippen molar-refractivity contribution in [3.05, 3.63) is 30.1 Å². The third-order valence-electron chi connectivity index (χ3n) is 4.54. The first-order valence-electron chi connectivity index (χ1n) is 8.13. The number of aryl methyl sites for hydroxylation is 1. The first-order chi connectivity index (χ1) is 10.3. The molecule has 1 aromatic carbocycles. The van der Waals surface area contributed by atoms with E-state index in [4.69, 9.17) is 4.98 Å². The van der Waals surface area contributed by atoms with E-state index in [9.17, 15) is 0 Å². The maximum atomic E-state index is 4.76. The molecule has 0 spiro atoms. The monoisotopic (exact) mass is 286 g/mol. The van der Waals surface area contributed by atoms with E-state index in [-0.39, 0.29) is 6.04 Å². The van der Waals surface area contributed by atoms with Crippen LogP contribution in [0.25, 0.3) is 11.0 Å². The van der Waals surface area contributed by atoms with Crippen molar-refractivity contribution in [3.63, 3.8) is 0 Å². The van der Waals surface area contributed by atoms with E-state index >= 15 is 0 Å². The second-order valence-electron chi connectivity index (χ2n) is 6.10. The fourth-order valence-electron chi connectivity index (χ4n) is 3.26. The van der Waals surface area contributed by atoms with Crippen molar-refractivity contribution in [2.75, 3.05) is 26.2 Å².